The fraction of sp³-hybridized carbons (Fsp3) is 0.882. The highest BCUT2D eigenvalue weighted by atomic mass is 16.4. The number of hydrogen-bond acceptors (Lipinski definition) is 2. The van der Waals surface area contributed by atoms with Crippen LogP contribution in [0.3, 0.4) is 0 Å². The number of carboxylic acid groups (broad SMARTS) is 1. The Balaban J connectivity index is 1.97. The van der Waals surface area contributed by atoms with Crippen LogP contribution < -0.4 is 5.32 Å². The van der Waals surface area contributed by atoms with Crippen molar-refractivity contribution in [3.8, 4) is 0 Å². The topological polar surface area (TPSA) is 66.4 Å². The monoisotopic (exact) mass is 295 g/mol. The fourth-order valence-corrected chi connectivity index (χ4v) is 4.29. The summed E-state index contributed by atoms with van der Waals surface area (Å²) in [5, 5.41) is 12.3. The Labute approximate surface area is 127 Å². The minimum Gasteiger partial charge on any atom is -0.481 e. The van der Waals surface area contributed by atoms with Gasteiger partial charge in [-0.05, 0) is 37.5 Å². The molecule has 2 saturated carbocycles. The van der Waals surface area contributed by atoms with Crippen molar-refractivity contribution in [2.24, 2.45) is 10.8 Å². The largest absolute Gasteiger partial charge is 0.481 e. The molecule has 120 valence electrons. The molecule has 0 bridgehead atoms. The molecule has 0 aromatic rings. The lowest BCUT2D eigenvalue weighted by atomic mass is 9.71. The third-order valence-corrected chi connectivity index (χ3v) is 5.78. The summed E-state index contributed by atoms with van der Waals surface area (Å²) in [7, 11) is 0. The van der Waals surface area contributed by atoms with Gasteiger partial charge in [0.1, 0.15) is 0 Å². The molecule has 0 aliphatic heterocycles. The maximum atomic E-state index is 12.6. The average Bonchev–Trinajstić information content (AvgIpc) is 2.95. The summed E-state index contributed by atoms with van der Waals surface area (Å²) in [6.45, 7) is 2.64. The molecule has 0 aromatic carbocycles. The van der Waals surface area contributed by atoms with E-state index >= 15 is 0 Å². The highest BCUT2D eigenvalue weighted by molar-refractivity contribution is 5.83. The molecule has 4 nitrogen and oxygen atoms in total. The predicted octanol–water partition coefficient (Wildman–Crippen LogP) is 3.50. The van der Waals surface area contributed by atoms with Gasteiger partial charge in [-0.15, -0.1) is 0 Å². The molecule has 0 radical (unpaired) electrons. The van der Waals surface area contributed by atoms with E-state index in [1.807, 2.05) is 0 Å². The van der Waals surface area contributed by atoms with E-state index in [1.165, 1.54) is 6.42 Å². The van der Waals surface area contributed by atoms with Gasteiger partial charge in [0.05, 0.1) is 6.42 Å². The standard InChI is InChI=1S/C17H29NO3/c1-2-17(10-6-7-11-17)15(21)18-13-16(12-14(19)20)8-4-3-5-9-16/h2-13H2,1H3,(H,18,21)(H,19,20). The molecule has 0 aromatic heterocycles. The van der Waals surface area contributed by atoms with E-state index in [4.69, 9.17) is 0 Å². The molecular weight excluding hydrogens is 266 g/mol. The van der Waals surface area contributed by atoms with Crippen LogP contribution in [0.15, 0.2) is 0 Å². The summed E-state index contributed by atoms with van der Waals surface area (Å²) >= 11 is 0. The zero-order valence-corrected chi connectivity index (χ0v) is 13.2. The molecule has 0 unspecified atom stereocenters. The van der Waals surface area contributed by atoms with Crippen molar-refractivity contribution < 1.29 is 14.7 Å². The van der Waals surface area contributed by atoms with Crippen molar-refractivity contribution in [2.75, 3.05) is 6.54 Å². The van der Waals surface area contributed by atoms with E-state index in [0.717, 1.165) is 57.8 Å². The Kier molecular flexibility index (Phi) is 5.28. The van der Waals surface area contributed by atoms with Crippen LogP contribution in [0, 0.1) is 10.8 Å². The van der Waals surface area contributed by atoms with Crippen molar-refractivity contribution in [2.45, 2.75) is 77.6 Å². The van der Waals surface area contributed by atoms with Crippen molar-refractivity contribution in [1.82, 2.24) is 5.32 Å². The second kappa shape index (κ2) is 6.80. The van der Waals surface area contributed by atoms with Crippen molar-refractivity contribution in [1.29, 1.82) is 0 Å². The van der Waals surface area contributed by atoms with Gasteiger partial charge in [0.2, 0.25) is 5.91 Å². The van der Waals surface area contributed by atoms with E-state index < -0.39 is 5.97 Å². The molecule has 4 heteroatoms. The lowest BCUT2D eigenvalue weighted by Gasteiger charge is -2.37. The first kappa shape index (κ1) is 16.3. The first-order valence-corrected chi connectivity index (χ1v) is 8.52. The fourth-order valence-electron chi connectivity index (χ4n) is 4.29. The van der Waals surface area contributed by atoms with Gasteiger partial charge in [-0.2, -0.15) is 0 Å². The van der Waals surface area contributed by atoms with Crippen LogP contribution in [0.4, 0.5) is 0 Å². The van der Waals surface area contributed by atoms with Gasteiger partial charge in [0, 0.05) is 12.0 Å². The average molecular weight is 295 g/mol. The first-order chi connectivity index (χ1) is 10.0. The normalized spacial score (nSPS) is 23.7. The molecule has 2 aliphatic carbocycles. The SMILES string of the molecule is CCC1(C(=O)NCC2(CC(=O)O)CCCCC2)CCCC1. The summed E-state index contributed by atoms with van der Waals surface area (Å²) in [4.78, 5) is 23.8. The molecule has 2 rings (SSSR count). The summed E-state index contributed by atoms with van der Waals surface area (Å²) in [6, 6.07) is 0. The quantitative estimate of drug-likeness (QED) is 0.788. The number of carbonyl (C=O) groups is 2. The maximum absolute atomic E-state index is 12.6. The van der Waals surface area contributed by atoms with Crippen LogP contribution >= 0.6 is 0 Å². The smallest absolute Gasteiger partial charge is 0.303 e. The number of aliphatic carboxylic acids is 1. The van der Waals surface area contributed by atoms with Crippen LogP contribution in [-0.2, 0) is 9.59 Å². The van der Waals surface area contributed by atoms with Gasteiger partial charge in [-0.1, -0.05) is 39.0 Å². The number of carbonyl (C=O) groups excluding carboxylic acids is 1. The number of carboxylic acids is 1. The second-order valence-corrected chi connectivity index (χ2v) is 7.15. The van der Waals surface area contributed by atoms with Gasteiger partial charge in [0.25, 0.3) is 0 Å². The zero-order chi connectivity index (χ0) is 15.3. The Bertz CT molecular complexity index is 379. The summed E-state index contributed by atoms with van der Waals surface area (Å²) < 4.78 is 0. The van der Waals surface area contributed by atoms with Crippen LogP contribution in [-0.4, -0.2) is 23.5 Å². The maximum Gasteiger partial charge on any atom is 0.303 e. The summed E-state index contributed by atoms with van der Waals surface area (Å²) in [6.07, 6.45) is 10.6. The number of amides is 1. The zero-order valence-electron chi connectivity index (χ0n) is 13.2. The minimum atomic E-state index is -0.739. The van der Waals surface area contributed by atoms with Gasteiger partial charge in [-0.25, -0.2) is 0 Å². The number of nitrogens with one attached hydrogen (secondary N) is 1. The Hall–Kier alpha value is -1.06. The van der Waals surface area contributed by atoms with Gasteiger partial charge in [0.15, 0.2) is 0 Å². The summed E-state index contributed by atoms with van der Waals surface area (Å²) in [5.74, 6) is -0.574. The molecule has 0 saturated heterocycles. The second-order valence-electron chi connectivity index (χ2n) is 7.15. The molecule has 1 amide bonds. The third kappa shape index (κ3) is 3.78. The molecule has 0 heterocycles. The van der Waals surface area contributed by atoms with E-state index in [0.29, 0.717) is 6.54 Å². The van der Waals surface area contributed by atoms with Crippen LogP contribution in [0.25, 0.3) is 0 Å². The lowest BCUT2D eigenvalue weighted by Crippen LogP contribution is -2.45. The Morgan fingerprint density at radius 1 is 1.00 bits per heavy atom. The van der Waals surface area contributed by atoms with Crippen LogP contribution in [0.1, 0.15) is 77.6 Å². The highest BCUT2D eigenvalue weighted by Gasteiger charge is 2.41. The van der Waals surface area contributed by atoms with Gasteiger partial charge < -0.3 is 10.4 Å². The van der Waals surface area contributed by atoms with Crippen LogP contribution in [0.2, 0.25) is 0 Å². The molecule has 2 aliphatic rings. The van der Waals surface area contributed by atoms with Gasteiger partial charge in [-0.3, -0.25) is 9.59 Å². The minimum absolute atomic E-state index is 0.165. The molecule has 2 fully saturated rings. The predicted molar refractivity (Wildman–Crippen MR) is 82.0 cm³/mol. The molecule has 0 atom stereocenters. The highest BCUT2D eigenvalue weighted by Crippen LogP contribution is 2.42. The number of hydrogen-bond donors (Lipinski definition) is 2. The molecular formula is C17H29NO3. The Morgan fingerprint density at radius 3 is 2.10 bits per heavy atom. The van der Waals surface area contributed by atoms with Gasteiger partial charge >= 0.3 is 5.97 Å². The lowest BCUT2D eigenvalue weighted by molar-refractivity contribution is -0.141. The summed E-state index contributed by atoms with van der Waals surface area (Å²) in [5.41, 5.74) is -0.396. The van der Waals surface area contributed by atoms with E-state index in [-0.39, 0.29) is 23.2 Å². The molecule has 2 N–H and O–H groups in total. The number of rotatable bonds is 6. The molecule has 21 heavy (non-hydrogen) atoms. The van der Waals surface area contributed by atoms with Crippen LogP contribution in [0.5, 0.6) is 0 Å². The van der Waals surface area contributed by atoms with Crippen molar-refractivity contribution in [3.63, 3.8) is 0 Å². The third-order valence-electron chi connectivity index (χ3n) is 5.78. The first-order valence-electron chi connectivity index (χ1n) is 8.52. The van der Waals surface area contributed by atoms with E-state index in [9.17, 15) is 14.7 Å². The molecule has 0 spiro atoms. The van der Waals surface area contributed by atoms with E-state index in [2.05, 4.69) is 12.2 Å². The van der Waals surface area contributed by atoms with Crippen molar-refractivity contribution >= 4 is 11.9 Å². The Morgan fingerprint density at radius 2 is 1.57 bits per heavy atom. The van der Waals surface area contributed by atoms with E-state index in [1.54, 1.807) is 0 Å². The van der Waals surface area contributed by atoms with Crippen molar-refractivity contribution in [3.05, 3.63) is 0 Å².